The fourth-order valence-electron chi connectivity index (χ4n) is 0.941. The Bertz CT molecular complexity index is 394. The van der Waals surface area contributed by atoms with Crippen molar-refractivity contribution >= 4 is 24.8 Å². The second kappa shape index (κ2) is 1.98. The van der Waals surface area contributed by atoms with Crippen LogP contribution < -0.4 is 11.2 Å². The van der Waals surface area contributed by atoms with Crippen molar-refractivity contribution < 1.29 is 0 Å². The van der Waals surface area contributed by atoms with E-state index in [4.69, 9.17) is 13.6 Å². The van der Waals surface area contributed by atoms with Gasteiger partial charge in [0.25, 0.3) is 0 Å². The Balaban J connectivity index is 2.82. The van der Waals surface area contributed by atoms with E-state index in [9.17, 15) is 0 Å². The van der Waals surface area contributed by atoms with E-state index in [0.717, 1.165) is 5.52 Å². The molecule has 2 aromatic heterocycles. The molecule has 5 heteroatoms. The molecule has 0 saturated heterocycles. The van der Waals surface area contributed by atoms with E-state index < -0.39 is 0 Å². The van der Waals surface area contributed by atoms with E-state index in [1.807, 2.05) is 0 Å². The number of nitrogens with two attached hydrogens (primary N) is 1. The van der Waals surface area contributed by atoms with Crippen molar-refractivity contribution in [2.75, 3.05) is 5.73 Å². The second-order valence-corrected chi connectivity index (χ2v) is 2.26. The van der Waals surface area contributed by atoms with Crippen LogP contribution in [0, 0.1) is 0 Å². The lowest BCUT2D eigenvalue weighted by Gasteiger charge is -1.92. The lowest BCUT2D eigenvalue weighted by Crippen LogP contribution is -2.00. The minimum atomic E-state index is 0.244. The van der Waals surface area contributed by atoms with Crippen LogP contribution in [-0.2, 0) is 0 Å². The Kier molecular flexibility index (Phi) is 1.12. The van der Waals surface area contributed by atoms with E-state index in [0.29, 0.717) is 5.46 Å². The highest BCUT2D eigenvalue weighted by Gasteiger charge is 1.95. The molecule has 0 fully saturated rings. The van der Waals surface area contributed by atoms with Crippen LogP contribution in [0.1, 0.15) is 0 Å². The molecular formula is C6H5BN4. The summed E-state index contributed by atoms with van der Waals surface area (Å²) in [6, 6.07) is 1.78. The first-order chi connectivity index (χ1) is 5.25. The number of hydrogen-bond acceptors (Lipinski definition) is 3. The highest BCUT2D eigenvalue weighted by atomic mass is 15.3. The molecule has 11 heavy (non-hydrogen) atoms. The summed E-state index contributed by atoms with van der Waals surface area (Å²) in [7, 11) is 5.51. The van der Waals surface area contributed by atoms with Crippen molar-refractivity contribution in [3.8, 4) is 0 Å². The number of rotatable bonds is 0. The van der Waals surface area contributed by atoms with E-state index in [2.05, 4.69) is 10.1 Å². The van der Waals surface area contributed by atoms with Crippen LogP contribution in [0.4, 0.5) is 5.95 Å². The topological polar surface area (TPSA) is 56.2 Å². The minimum absolute atomic E-state index is 0.244. The van der Waals surface area contributed by atoms with Gasteiger partial charge in [-0.25, -0.2) is 9.50 Å². The fourth-order valence-corrected chi connectivity index (χ4v) is 0.941. The standard InChI is InChI=1S/C6H5BN4/c7-4-1-5-2-9-6(8)10-11(5)3-4/h1-3H,(H2,8,10). The third-order valence-corrected chi connectivity index (χ3v) is 1.39. The largest absolute Gasteiger partial charge is 0.367 e. The van der Waals surface area contributed by atoms with Crippen molar-refractivity contribution in [3.05, 3.63) is 18.5 Å². The van der Waals surface area contributed by atoms with Crippen LogP contribution in [0.25, 0.3) is 5.52 Å². The zero-order valence-electron chi connectivity index (χ0n) is 5.73. The van der Waals surface area contributed by atoms with Crippen LogP contribution in [0.15, 0.2) is 18.5 Å². The molecule has 0 unspecified atom stereocenters. The molecule has 2 rings (SSSR count). The minimum Gasteiger partial charge on any atom is -0.367 e. The molecule has 0 amide bonds. The summed E-state index contributed by atoms with van der Waals surface area (Å²) in [5.41, 5.74) is 6.85. The second-order valence-electron chi connectivity index (χ2n) is 2.26. The SMILES string of the molecule is [B]c1cc2cnc(N)nn2c1. The van der Waals surface area contributed by atoms with Gasteiger partial charge in [0.05, 0.1) is 11.7 Å². The predicted molar refractivity (Wildman–Crippen MR) is 42.8 cm³/mol. The van der Waals surface area contributed by atoms with E-state index in [1.165, 1.54) is 0 Å². The third-order valence-electron chi connectivity index (χ3n) is 1.39. The smallest absolute Gasteiger partial charge is 0.238 e. The summed E-state index contributed by atoms with van der Waals surface area (Å²) in [4.78, 5) is 3.81. The maximum atomic E-state index is 5.51. The molecule has 4 nitrogen and oxygen atoms in total. The van der Waals surface area contributed by atoms with Gasteiger partial charge in [-0.1, -0.05) is 5.46 Å². The van der Waals surface area contributed by atoms with Gasteiger partial charge >= 0.3 is 0 Å². The van der Waals surface area contributed by atoms with Crippen LogP contribution in [0.5, 0.6) is 0 Å². The highest BCUT2D eigenvalue weighted by molar-refractivity contribution is 6.32. The van der Waals surface area contributed by atoms with Crippen molar-refractivity contribution in [2.24, 2.45) is 0 Å². The zero-order chi connectivity index (χ0) is 7.84. The number of fused-ring (bicyclic) bond motifs is 1. The predicted octanol–water partition coefficient (Wildman–Crippen LogP) is -0.895. The van der Waals surface area contributed by atoms with E-state index >= 15 is 0 Å². The Hall–Kier alpha value is -1.52. The first-order valence-electron chi connectivity index (χ1n) is 3.12. The molecule has 52 valence electrons. The molecule has 0 aliphatic carbocycles. The van der Waals surface area contributed by atoms with Crippen LogP contribution in [0.3, 0.4) is 0 Å². The van der Waals surface area contributed by atoms with Gasteiger partial charge in [-0.05, 0) is 6.07 Å². The highest BCUT2D eigenvalue weighted by Crippen LogP contribution is 1.98. The van der Waals surface area contributed by atoms with Crippen molar-refractivity contribution in [3.63, 3.8) is 0 Å². The summed E-state index contributed by atoms with van der Waals surface area (Å²) in [6.45, 7) is 0. The Labute approximate surface area is 64.4 Å². The van der Waals surface area contributed by atoms with Crippen molar-refractivity contribution in [1.29, 1.82) is 0 Å². The van der Waals surface area contributed by atoms with E-state index in [-0.39, 0.29) is 5.95 Å². The average Bonchev–Trinajstić information content (AvgIpc) is 2.27. The summed E-state index contributed by atoms with van der Waals surface area (Å²) < 4.78 is 1.59. The fraction of sp³-hybridized carbons (Fsp3) is 0. The van der Waals surface area contributed by atoms with Gasteiger partial charge in [0.2, 0.25) is 5.95 Å². The normalized spacial score (nSPS) is 10.5. The van der Waals surface area contributed by atoms with Crippen LogP contribution in [0.2, 0.25) is 0 Å². The maximum Gasteiger partial charge on any atom is 0.238 e. The molecule has 2 aromatic rings. The third kappa shape index (κ3) is 0.940. The molecule has 0 atom stereocenters. The van der Waals surface area contributed by atoms with Gasteiger partial charge < -0.3 is 5.73 Å². The van der Waals surface area contributed by atoms with Crippen molar-refractivity contribution in [2.45, 2.75) is 0 Å². The quantitative estimate of drug-likeness (QED) is 0.487. The summed E-state index contributed by atoms with van der Waals surface area (Å²) in [5, 5.41) is 3.90. The molecule has 0 spiro atoms. The van der Waals surface area contributed by atoms with Gasteiger partial charge in [0.1, 0.15) is 7.85 Å². The summed E-state index contributed by atoms with van der Waals surface area (Å²) in [6.07, 6.45) is 3.31. The number of hydrogen-bond donors (Lipinski definition) is 1. The van der Waals surface area contributed by atoms with Gasteiger partial charge in [-0.3, -0.25) is 0 Å². The molecule has 2 heterocycles. The molecule has 2 radical (unpaired) electrons. The average molecular weight is 144 g/mol. The van der Waals surface area contributed by atoms with Gasteiger partial charge in [0.15, 0.2) is 0 Å². The molecule has 0 saturated carbocycles. The van der Waals surface area contributed by atoms with Gasteiger partial charge in [-0.15, -0.1) is 5.10 Å². The Morgan fingerprint density at radius 1 is 1.55 bits per heavy atom. The number of anilines is 1. The number of aromatic nitrogens is 3. The van der Waals surface area contributed by atoms with Gasteiger partial charge in [-0.2, -0.15) is 0 Å². The van der Waals surface area contributed by atoms with Crippen LogP contribution >= 0.6 is 0 Å². The molecule has 2 N–H and O–H groups in total. The number of nitrogens with zero attached hydrogens (tertiary/aromatic N) is 3. The molecule has 0 aromatic carbocycles. The zero-order valence-corrected chi connectivity index (χ0v) is 5.73. The number of nitrogen functional groups attached to an aromatic ring is 1. The molecule has 0 aliphatic rings. The maximum absolute atomic E-state index is 5.51. The Morgan fingerprint density at radius 3 is 3.18 bits per heavy atom. The summed E-state index contributed by atoms with van der Waals surface area (Å²) >= 11 is 0. The van der Waals surface area contributed by atoms with E-state index in [1.54, 1.807) is 23.0 Å². The van der Waals surface area contributed by atoms with Crippen molar-refractivity contribution in [1.82, 2.24) is 14.6 Å². The van der Waals surface area contributed by atoms with Crippen LogP contribution in [-0.4, -0.2) is 22.4 Å². The first kappa shape index (κ1) is 6.21. The monoisotopic (exact) mass is 144 g/mol. The Morgan fingerprint density at radius 2 is 2.36 bits per heavy atom. The molecule has 0 bridgehead atoms. The van der Waals surface area contributed by atoms with Gasteiger partial charge in [0, 0.05) is 6.20 Å². The molecular weight excluding hydrogens is 139 g/mol. The summed E-state index contributed by atoms with van der Waals surface area (Å²) in [5.74, 6) is 0.244. The molecule has 0 aliphatic heterocycles. The lowest BCUT2D eigenvalue weighted by atomic mass is 10.0. The first-order valence-corrected chi connectivity index (χ1v) is 3.12. The lowest BCUT2D eigenvalue weighted by molar-refractivity contribution is 0.919.